The molecule has 188 valence electrons. The third-order valence-corrected chi connectivity index (χ3v) is 6.17. The molecule has 34 heavy (non-hydrogen) atoms. The zero-order chi connectivity index (χ0) is 23.8. The van der Waals surface area contributed by atoms with Gasteiger partial charge in [-0.25, -0.2) is 0 Å². The van der Waals surface area contributed by atoms with Gasteiger partial charge in [-0.2, -0.15) is 0 Å². The molecule has 9 heteroatoms. The highest BCUT2D eigenvalue weighted by atomic mass is 16.7. The molecule has 2 N–H and O–H groups in total. The summed E-state index contributed by atoms with van der Waals surface area (Å²) in [6.45, 7) is 4.89. The molecular weight excluding hydrogens is 442 g/mol. The first-order valence-electron chi connectivity index (χ1n) is 12.1. The second-order valence-corrected chi connectivity index (χ2v) is 8.67. The molecule has 1 aliphatic carbocycles. The van der Waals surface area contributed by atoms with E-state index in [2.05, 4.69) is 5.32 Å². The Balaban J connectivity index is 1.49. The number of benzene rings is 1. The summed E-state index contributed by atoms with van der Waals surface area (Å²) in [5, 5.41) is 11.8. The van der Waals surface area contributed by atoms with Gasteiger partial charge in [0.25, 0.3) is 5.91 Å². The van der Waals surface area contributed by atoms with Gasteiger partial charge in [0.15, 0.2) is 17.3 Å². The van der Waals surface area contributed by atoms with Crippen LogP contribution in [0.25, 0.3) is 0 Å². The first kappa shape index (κ1) is 24.8. The Kier molecular flexibility index (Phi) is 9.04. The van der Waals surface area contributed by atoms with Gasteiger partial charge in [0, 0.05) is 31.6 Å². The summed E-state index contributed by atoms with van der Waals surface area (Å²) in [5.41, 5.74) is 1.00. The minimum absolute atomic E-state index is 0.00440. The Morgan fingerprint density at radius 1 is 1.12 bits per heavy atom. The van der Waals surface area contributed by atoms with Gasteiger partial charge in [-0.15, -0.1) is 0 Å². The molecule has 0 spiro atoms. The first-order valence-corrected chi connectivity index (χ1v) is 12.1. The highest BCUT2D eigenvalue weighted by Gasteiger charge is 2.38. The van der Waals surface area contributed by atoms with Crippen LogP contribution in [0.4, 0.5) is 0 Å². The van der Waals surface area contributed by atoms with Crippen molar-refractivity contribution < 1.29 is 38.3 Å². The summed E-state index contributed by atoms with van der Waals surface area (Å²) in [4.78, 5) is 12.9. The van der Waals surface area contributed by atoms with Crippen molar-refractivity contribution >= 4 is 5.91 Å². The van der Waals surface area contributed by atoms with E-state index in [4.69, 9.17) is 33.5 Å². The predicted octanol–water partition coefficient (Wildman–Crippen LogP) is 2.33. The van der Waals surface area contributed by atoms with Gasteiger partial charge in [-0.1, -0.05) is 6.07 Å². The number of aliphatic hydroxyl groups excluding tert-OH is 1. The molecule has 1 saturated carbocycles. The lowest BCUT2D eigenvalue weighted by Gasteiger charge is -2.37. The topological polar surface area (TPSA) is 105 Å². The van der Waals surface area contributed by atoms with Crippen LogP contribution in [0.2, 0.25) is 0 Å². The highest BCUT2D eigenvalue weighted by Crippen LogP contribution is 2.42. The fraction of sp³-hybridized carbons (Fsp3) is 0.640. The van der Waals surface area contributed by atoms with Crippen LogP contribution in [-0.2, 0) is 23.7 Å². The quantitative estimate of drug-likeness (QED) is 0.394. The highest BCUT2D eigenvalue weighted by molar-refractivity contribution is 5.91. The summed E-state index contributed by atoms with van der Waals surface area (Å²) < 4.78 is 34.1. The van der Waals surface area contributed by atoms with E-state index in [1.807, 2.05) is 31.2 Å². The number of fused-ring (bicyclic) bond motifs is 1. The molecule has 1 fully saturated rings. The Morgan fingerprint density at radius 3 is 2.68 bits per heavy atom. The van der Waals surface area contributed by atoms with Gasteiger partial charge in [0.05, 0.1) is 26.4 Å². The van der Waals surface area contributed by atoms with Crippen molar-refractivity contribution in [1.82, 2.24) is 5.32 Å². The fourth-order valence-corrected chi connectivity index (χ4v) is 4.19. The van der Waals surface area contributed by atoms with Crippen molar-refractivity contribution in [2.75, 3.05) is 53.0 Å². The summed E-state index contributed by atoms with van der Waals surface area (Å²) in [6.07, 6.45) is 4.30. The number of amides is 1. The van der Waals surface area contributed by atoms with Crippen molar-refractivity contribution in [3.05, 3.63) is 35.6 Å². The van der Waals surface area contributed by atoms with Gasteiger partial charge < -0.3 is 38.8 Å². The van der Waals surface area contributed by atoms with E-state index in [1.54, 1.807) is 0 Å². The summed E-state index contributed by atoms with van der Waals surface area (Å²) in [5.74, 6) is 1.86. The Morgan fingerprint density at radius 2 is 1.91 bits per heavy atom. The average Bonchev–Trinajstić information content (AvgIpc) is 3.56. The van der Waals surface area contributed by atoms with Crippen molar-refractivity contribution in [2.24, 2.45) is 11.8 Å². The molecule has 0 aromatic heterocycles. The molecule has 3 aliphatic rings. The molecule has 2 heterocycles. The molecule has 2 aliphatic heterocycles. The SMILES string of the molecule is CCO[C@@H]1OC(C(=O)NCC2CC2)=C[C@H](c2ccc3c(c2)OCO3)[C@@H]1CCOCCOCCO. The van der Waals surface area contributed by atoms with E-state index in [-0.39, 0.29) is 36.9 Å². The minimum Gasteiger partial charge on any atom is -0.459 e. The maximum Gasteiger partial charge on any atom is 0.286 e. The van der Waals surface area contributed by atoms with Crippen molar-refractivity contribution in [3.63, 3.8) is 0 Å². The number of carbonyl (C=O) groups is 1. The number of aliphatic hydroxyl groups is 1. The summed E-state index contributed by atoms with van der Waals surface area (Å²) in [6, 6.07) is 5.86. The summed E-state index contributed by atoms with van der Waals surface area (Å²) >= 11 is 0. The van der Waals surface area contributed by atoms with E-state index in [0.29, 0.717) is 63.4 Å². The molecular formula is C25H35NO8. The van der Waals surface area contributed by atoms with E-state index in [1.165, 1.54) is 0 Å². The minimum atomic E-state index is -0.582. The van der Waals surface area contributed by atoms with Crippen LogP contribution in [0, 0.1) is 11.8 Å². The molecule has 1 amide bonds. The fourth-order valence-electron chi connectivity index (χ4n) is 4.19. The second kappa shape index (κ2) is 12.4. The van der Waals surface area contributed by atoms with Crippen LogP contribution in [0.3, 0.4) is 0 Å². The largest absolute Gasteiger partial charge is 0.459 e. The van der Waals surface area contributed by atoms with E-state index in [9.17, 15) is 4.79 Å². The van der Waals surface area contributed by atoms with Crippen LogP contribution in [0.1, 0.15) is 37.7 Å². The van der Waals surface area contributed by atoms with Crippen molar-refractivity contribution in [3.8, 4) is 11.5 Å². The Hall–Kier alpha value is -2.33. The zero-order valence-corrected chi connectivity index (χ0v) is 19.7. The molecule has 1 aromatic carbocycles. The van der Waals surface area contributed by atoms with Crippen LogP contribution < -0.4 is 14.8 Å². The van der Waals surface area contributed by atoms with E-state index in [0.717, 1.165) is 18.4 Å². The van der Waals surface area contributed by atoms with Crippen LogP contribution in [0.15, 0.2) is 30.0 Å². The maximum atomic E-state index is 12.9. The number of ether oxygens (including phenoxy) is 6. The molecule has 3 atom stereocenters. The van der Waals surface area contributed by atoms with Crippen LogP contribution in [0.5, 0.6) is 11.5 Å². The maximum absolute atomic E-state index is 12.9. The number of nitrogens with one attached hydrogen (secondary N) is 1. The molecule has 0 unspecified atom stereocenters. The molecule has 4 rings (SSSR count). The number of carbonyl (C=O) groups excluding carboxylic acids is 1. The Labute approximate surface area is 200 Å². The van der Waals surface area contributed by atoms with Crippen molar-refractivity contribution in [2.45, 2.75) is 38.4 Å². The number of hydrogen-bond acceptors (Lipinski definition) is 8. The third-order valence-electron chi connectivity index (χ3n) is 6.17. The van der Waals surface area contributed by atoms with Gasteiger partial charge in [-0.3, -0.25) is 4.79 Å². The van der Waals surface area contributed by atoms with Crippen LogP contribution in [-0.4, -0.2) is 70.3 Å². The average molecular weight is 478 g/mol. The molecule has 1 aromatic rings. The molecule has 0 bridgehead atoms. The van der Waals surface area contributed by atoms with Gasteiger partial charge >= 0.3 is 0 Å². The molecule has 9 nitrogen and oxygen atoms in total. The normalized spacial score (nSPS) is 23.4. The summed E-state index contributed by atoms with van der Waals surface area (Å²) in [7, 11) is 0. The standard InChI is InChI=1S/C25H35NO8/c1-2-31-25-19(7-9-29-11-12-30-10-8-27)20(18-5-6-21-22(13-18)33-16-32-21)14-23(34-25)24(28)26-15-17-3-4-17/h5-6,13-14,17,19-20,25,27H,2-4,7-12,15-16H2,1H3,(H,26,28)/t19-,20+,25+/m0/s1. The van der Waals surface area contributed by atoms with Gasteiger partial charge in [-0.05, 0) is 55.9 Å². The number of allylic oxidation sites excluding steroid dienone is 1. The van der Waals surface area contributed by atoms with Crippen molar-refractivity contribution in [1.29, 1.82) is 0 Å². The number of rotatable bonds is 14. The molecule has 0 radical (unpaired) electrons. The van der Waals surface area contributed by atoms with Gasteiger partial charge in [0.2, 0.25) is 13.1 Å². The van der Waals surface area contributed by atoms with E-state index >= 15 is 0 Å². The monoisotopic (exact) mass is 477 g/mol. The second-order valence-electron chi connectivity index (χ2n) is 8.67. The smallest absolute Gasteiger partial charge is 0.286 e. The lowest BCUT2D eigenvalue weighted by molar-refractivity contribution is -0.168. The first-order chi connectivity index (χ1) is 16.7. The zero-order valence-electron chi connectivity index (χ0n) is 19.7. The number of hydrogen-bond donors (Lipinski definition) is 2. The predicted molar refractivity (Wildman–Crippen MR) is 122 cm³/mol. The lowest BCUT2D eigenvalue weighted by atomic mass is 9.81. The Bertz CT molecular complexity index is 840. The van der Waals surface area contributed by atoms with E-state index < -0.39 is 6.29 Å². The third kappa shape index (κ3) is 6.63. The van der Waals surface area contributed by atoms with Crippen LogP contribution >= 0.6 is 0 Å². The lowest BCUT2D eigenvalue weighted by Crippen LogP contribution is -2.39. The van der Waals surface area contributed by atoms with Gasteiger partial charge in [0.1, 0.15) is 0 Å². The molecule has 0 saturated heterocycles.